The first kappa shape index (κ1) is 20.1. The van der Waals surface area contributed by atoms with Crippen molar-refractivity contribution in [2.24, 2.45) is 0 Å². The van der Waals surface area contributed by atoms with Crippen molar-refractivity contribution in [3.63, 3.8) is 0 Å². The summed E-state index contributed by atoms with van der Waals surface area (Å²) in [5, 5.41) is 4.29. The molecule has 1 saturated carbocycles. The lowest BCUT2D eigenvalue weighted by molar-refractivity contribution is -0.133. The summed E-state index contributed by atoms with van der Waals surface area (Å²) >= 11 is 0. The van der Waals surface area contributed by atoms with Crippen molar-refractivity contribution < 1.29 is 4.79 Å². The van der Waals surface area contributed by atoms with Crippen molar-refractivity contribution in [1.82, 2.24) is 19.6 Å². The fourth-order valence-corrected chi connectivity index (χ4v) is 4.72. The summed E-state index contributed by atoms with van der Waals surface area (Å²) in [6.45, 7) is 6.82. The number of likely N-dealkylation sites (tertiary alicyclic amines) is 1. The van der Waals surface area contributed by atoms with Crippen LogP contribution in [0.25, 0.3) is 0 Å². The molecule has 0 unspecified atom stereocenters. The highest BCUT2D eigenvalue weighted by molar-refractivity contribution is 5.75. The molecule has 0 N–H and O–H groups in total. The van der Waals surface area contributed by atoms with Crippen LogP contribution in [0.4, 0.5) is 0 Å². The number of nitrogens with zero attached hydrogens (tertiary/aromatic N) is 4. The number of aromatic nitrogens is 2. The van der Waals surface area contributed by atoms with E-state index in [0.29, 0.717) is 0 Å². The van der Waals surface area contributed by atoms with Gasteiger partial charge in [-0.2, -0.15) is 5.10 Å². The quantitative estimate of drug-likeness (QED) is 0.795. The van der Waals surface area contributed by atoms with E-state index >= 15 is 0 Å². The van der Waals surface area contributed by atoms with Crippen LogP contribution < -0.4 is 5.56 Å². The van der Waals surface area contributed by atoms with Crippen LogP contribution in [0.1, 0.15) is 62.6 Å². The second-order valence-corrected chi connectivity index (χ2v) is 8.49. The highest BCUT2D eigenvalue weighted by Crippen LogP contribution is 2.36. The molecule has 0 atom stereocenters. The standard InChI is InChI=1S/C21H34N4O2/c1-17-14-19(26)25(22-18(17)2)15-20(27)23(3)16-21(10-6-4-7-11-21)24-12-8-5-9-13-24/h14H,4-13,15-16H2,1-3H3. The van der Waals surface area contributed by atoms with E-state index in [4.69, 9.17) is 0 Å². The van der Waals surface area contributed by atoms with Gasteiger partial charge in [-0.1, -0.05) is 25.7 Å². The Morgan fingerprint density at radius 1 is 1.11 bits per heavy atom. The second kappa shape index (κ2) is 8.55. The first-order valence-electron chi connectivity index (χ1n) is 10.5. The van der Waals surface area contributed by atoms with Gasteiger partial charge in [0.05, 0.1) is 5.69 Å². The number of aryl methyl sites for hydroxylation is 2. The molecule has 1 aromatic heterocycles. The molecule has 1 saturated heterocycles. The molecule has 1 aliphatic carbocycles. The van der Waals surface area contributed by atoms with Crippen LogP contribution in [0.3, 0.4) is 0 Å². The Bertz CT molecular complexity index is 715. The summed E-state index contributed by atoms with van der Waals surface area (Å²) in [5.74, 6) is -0.0326. The average Bonchev–Trinajstić information content (AvgIpc) is 2.67. The van der Waals surface area contributed by atoms with Crippen molar-refractivity contribution in [3.8, 4) is 0 Å². The Hall–Kier alpha value is -1.69. The van der Waals surface area contributed by atoms with Gasteiger partial charge >= 0.3 is 0 Å². The zero-order valence-corrected chi connectivity index (χ0v) is 17.2. The number of rotatable bonds is 5. The van der Waals surface area contributed by atoms with Gasteiger partial charge in [0.2, 0.25) is 5.91 Å². The second-order valence-electron chi connectivity index (χ2n) is 8.49. The molecule has 0 spiro atoms. The van der Waals surface area contributed by atoms with Gasteiger partial charge in [0, 0.05) is 25.2 Å². The van der Waals surface area contributed by atoms with E-state index < -0.39 is 0 Å². The van der Waals surface area contributed by atoms with Crippen molar-refractivity contribution in [2.75, 3.05) is 26.7 Å². The summed E-state index contributed by atoms with van der Waals surface area (Å²) in [7, 11) is 1.88. The number of carbonyl (C=O) groups excluding carboxylic acids is 1. The van der Waals surface area contributed by atoms with Crippen LogP contribution in [0, 0.1) is 13.8 Å². The third-order valence-electron chi connectivity index (χ3n) is 6.49. The molecule has 1 aliphatic heterocycles. The van der Waals surface area contributed by atoms with Crippen LogP contribution in [0.2, 0.25) is 0 Å². The van der Waals surface area contributed by atoms with Crippen molar-refractivity contribution in [2.45, 2.75) is 77.3 Å². The topological polar surface area (TPSA) is 58.4 Å². The molecule has 150 valence electrons. The van der Waals surface area contributed by atoms with E-state index in [1.54, 1.807) is 6.07 Å². The molecule has 1 amide bonds. The van der Waals surface area contributed by atoms with E-state index in [9.17, 15) is 9.59 Å². The zero-order valence-electron chi connectivity index (χ0n) is 17.2. The summed E-state index contributed by atoms with van der Waals surface area (Å²) in [5.41, 5.74) is 1.57. The maximum absolute atomic E-state index is 12.9. The lowest BCUT2D eigenvalue weighted by Gasteiger charge is -2.49. The minimum Gasteiger partial charge on any atom is -0.342 e. The molecule has 1 aromatic rings. The van der Waals surface area contributed by atoms with Gasteiger partial charge in [0.1, 0.15) is 6.54 Å². The first-order chi connectivity index (χ1) is 12.9. The molecule has 3 rings (SSSR count). The number of hydrogen-bond donors (Lipinski definition) is 0. The lowest BCUT2D eigenvalue weighted by atomic mass is 9.78. The molecular weight excluding hydrogens is 340 g/mol. The third kappa shape index (κ3) is 4.60. The molecule has 27 heavy (non-hydrogen) atoms. The van der Waals surface area contributed by atoms with E-state index in [-0.39, 0.29) is 23.6 Å². The number of piperidine rings is 1. The first-order valence-corrected chi connectivity index (χ1v) is 10.5. The van der Waals surface area contributed by atoms with E-state index in [2.05, 4.69) is 10.00 Å². The molecule has 0 bridgehead atoms. The van der Waals surface area contributed by atoms with E-state index in [1.165, 1.54) is 56.0 Å². The molecule has 6 nitrogen and oxygen atoms in total. The molecule has 6 heteroatoms. The maximum atomic E-state index is 12.9. The van der Waals surface area contributed by atoms with Crippen LogP contribution in [0.15, 0.2) is 10.9 Å². The smallest absolute Gasteiger partial charge is 0.267 e. The fraction of sp³-hybridized carbons (Fsp3) is 0.762. The normalized spacial score (nSPS) is 20.4. The Morgan fingerprint density at radius 2 is 1.74 bits per heavy atom. The average molecular weight is 375 g/mol. The van der Waals surface area contributed by atoms with E-state index in [1.807, 2.05) is 25.8 Å². The van der Waals surface area contributed by atoms with Gasteiger partial charge in [0.25, 0.3) is 5.56 Å². The van der Waals surface area contributed by atoms with Crippen LogP contribution in [0.5, 0.6) is 0 Å². The highest BCUT2D eigenvalue weighted by atomic mass is 16.2. The zero-order chi connectivity index (χ0) is 19.4. The predicted molar refractivity (Wildman–Crippen MR) is 107 cm³/mol. The van der Waals surface area contributed by atoms with Crippen molar-refractivity contribution in [1.29, 1.82) is 0 Å². The minimum atomic E-state index is -0.205. The monoisotopic (exact) mass is 374 g/mol. The molecule has 0 aromatic carbocycles. The van der Waals surface area contributed by atoms with E-state index in [0.717, 1.165) is 30.9 Å². The Morgan fingerprint density at radius 3 is 2.41 bits per heavy atom. The lowest BCUT2D eigenvalue weighted by Crippen LogP contribution is -2.58. The minimum absolute atomic E-state index is 0.0204. The van der Waals surface area contributed by atoms with Crippen molar-refractivity contribution >= 4 is 5.91 Å². The third-order valence-corrected chi connectivity index (χ3v) is 6.49. The molecule has 0 radical (unpaired) electrons. The Balaban J connectivity index is 1.71. The summed E-state index contributed by atoms with van der Waals surface area (Å²) < 4.78 is 1.30. The summed E-state index contributed by atoms with van der Waals surface area (Å²) in [6, 6.07) is 1.56. The summed E-state index contributed by atoms with van der Waals surface area (Å²) in [4.78, 5) is 29.5. The van der Waals surface area contributed by atoms with Gasteiger partial charge < -0.3 is 4.90 Å². The molecule has 2 fully saturated rings. The number of hydrogen-bond acceptors (Lipinski definition) is 4. The van der Waals surface area contributed by atoms with Crippen molar-refractivity contribution in [3.05, 3.63) is 27.7 Å². The van der Waals surface area contributed by atoms with Crippen LogP contribution in [-0.2, 0) is 11.3 Å². The van der Waals surface area contributed by atoms with Gasteiger partial charge in [-0.15, -0.1) is 0 Å². The van der Waals surface area contributed by atoms with Gasteiger partial charge in [0.15, 0.2) is 0 Å². The summed E-state index contributed by atoms with van der Waals surface area (Å²) in [6.07, 6.45) is 9.99. The Labute approximate surface area is 162 Å². The predicted octanol–water partition coefficient (Wildman–Crippen LogP) is 2.51. The van der Waals surface area contributed by atoms with Crippen LogP contribution in [-0.4, -0.2) is 57.7 Å². The highest BCUT2D eigenvalue weighted by Gasteiger charge is 2.40. The molecule has 2 aliphatic rings. The van der Waals surface area contributed by atoms with Gasteiger partial charge in [-0.25, -0.2) is 4.68 Å². The number of carbonyl (C=O) groups is 1. The number of amides is 1. The fourth-order valence-electron chi connectivity index (χ4n) is 4.72. The Kier molecular flexibility index (Phi) is 6.35. The molecular formula is C21H34N4O2. The van der Waals surface area contributed by atoms with Crippen LogP contribution >= 0.6 is 0 Å². The largest absolute Gasteiger partial charge is 0.342 e. The SMILES string of the molecule is Cc1cc(=O)n(CC(=O)N(C)CC2(N3CCCCC3)CCCCC2)nc1C. The maximum Gasteiger partial charge on any atom is 0.267 e. The van der Waals surface area contributed by atoms with Gasteiger partial charge in [-0.3, -0.25) is 14.5 Å². The van der Waals surface area contributed by atoms with Gasteiger partial charge in [-0.05, 0) is 58.2 Å². The molecule has 2 heterocycles. The number of likely N-dealkylation sites (N-methyl/N-ethyl adjacent to an activating group) is 1.